The van der Waals surface area contributed by atoms with Crippen molar-refractivity contribution in [2.45, 2.75) is 32.6 Å². The number of nitrogens with one attached hydrogen (secondary N) is 3. The van der Waals surface area contributed by atoms with Crippen LogP contribution in [0.2, 0.25) is 0 Å². The molecule has 0 radical (unpaired) electrons. The number of carbonyl (C=O) groups excluding carboxylic acids is 1. The van der Waals surface area contributed by atoms with E-state index < -0.39 is 0 Å². The Morgan fingerprint density at radius 2 is 2.17 bits per heavy atom. The maximum atomic E-state index is 11.9. The van der Waals surface area contributed by atoms with Crippen molar-refractivity contribution in [2.75, 3.05) is 6.54 Å². The van der Waals surface area contributed by atoms with Gasteiger partial charge in [-0.05, 0) is 31.6 Å². The Balaban J connectivity index is 1.80. The minimum Gasteiger partial charge on any atom is -0.368 e. The molecule has 1 heterocycles. The molecule has 1 aliphatic heterocycles. The quantitative estimate of drug-likeness (QED) is 0.538. The molecule has 2 aliphatic rings. The smallest absolute Gasteiger partial charge is 0.241 e. The highest BCUT2D eigenvalue weighted by atomic mass is 35.5. The summed E-state index contributed by atoms with van der Waals surface area (Å²) in [5.41, 5.74) is 5.45. The van der Waals surface area contributed by atoms with Crippen molar-refractivity contribution in [3.63, 3.8) is 0 Å². The topological polar surface area (TPSA) is 65.5 Å². The Morgan fingerprint density at radius 3 is 2.83 bits per heavy atom. The maximum Gasteiger partial charge on any atom is 0.241 e. The molecule has 0 unspecified atom stereocenters. The lowest BCUT2D eigenvalue weighted by molar-refractivity contribution is -0.127. The molecule has 0 bridgehead atoms. The fourth-order valence-corrected chi connectivity index (χ4v) is 2.42. The molecule has 6 heteroatoms. The van der Waals surface area contributed by atoms with Gasteiger partial charge in [-0.15, -0.1) is 0 Å². The van der Waals surface area contributed by atoms with Gasteiger partial charge < -0.3 is 5.32 Å². The van der Waals surface area contributed by atoms with Gasteiger partial charge in [-0.1, -0.05) is 18.5 Å². The van der Waals surface area contributed by atoms with Gasteiger partial charge in [-0.3, -0.25) is 15.6 Å². The average molecular weight is 271 g/mol. The molecule has 3 N–H and O–H groups in total. The first-order valence-corrected chi connectivity index (χ1v) is 6.76. The Kier molecular flexibility index (Phi) is 4.47. The summed E-state index contributed by atoms with van der Waals surface area (Å²) in [5, 5.41) is 3.35. The number of nitrogens with zero attached hydrogens (tertiary/aromatic N) is 1. The summed E-state index contributed by atoms with van der Waals surface area (Å²) in [6.07, 6.45) is 5.87. The van der Waals surface area contributed by atoms with Crippen molar-refractivity contribution in [2.24, 2.45) is 16.8 Å². The van der Waals surface area contributed by atoms with Crippen LogP contribution in [0.3, 0.4) is 0 Å². The van der Waals surface area contributed by atoms with Crippen molar-refractivity contribution >= 4 is 23.7 Å². The number of amides is 1. The van der Waals surface area contributed by atoms with E-state index in [1.807, 2.05) is 0 Å². The Morgan fingerprint density at radius 1 is 1.44 bits per heavy atom. The SMILES string of the molecule is CC1CCC(C(=O)NNC2=C(Cl)NCC=N2)CC1. The predicted molar refractivity (Wildman–Crippen MR) is 71.8 cm³/mol. The third-order valence-electron chi connectivity index (χ3n) is 3.47. The summed E-state index contributed by atoms with van der Waals surface area (Å²) < 4.78 is 0. The molecule has 0 atom stereocenters. The van der Waals surface area contributed by atoms with E-state index in [-0.39, 0.29) is 11.8 Å². The Bertz CT molecular complexity index is 372. The zero-order valence-electron chi connectivity index (χ0n) is 10.5. The maximum absolute atomic E-state index is 11.9. The van der Waals surface area contributed by atoms with E-state index >= 15 is 0 Å². The minimum absolute atomic E-state index is 0.0274. The lowest BCUT2D eigenvalue weighted by Crippen LogP contribution is -2.42. The molecule has 1 saturated carbocycles. The highest BCUT2D eigenvalue weighted by Gasteiger charge is 2.24. The minimum atomic E-state index is 0.0274. The molecule has 18 heavy (non-hydrogen) atoms. The summed E-state index contributed by atoms with van der Waals surface area (Å²) >= 11 is 5.91. The molecular formula is C12H19ClN4O. The Hall–Kier alpha value is -1.23. The molecule has 0 spiro atoms. The molecule has 100 valence electrons. The second-order valence-electron chi connectivity index (χ2n) is 4.93. The number of hydrogen-bond acceptors (Lipinski definition) is 4. The largest absolute Gasteiger partial charge is 0.368 e. The van der Waals surface area contributed by atoms with Crippen LogP contribution >= 0.6 is 11.6 Å². The second kappa shape index (κ2) is 6.09. The summed E-state index contributed by atoms with van der Waals surface area (Å²) in [6, 6.07) is 0. The molecule has 1 amide bonds. The third kappa shape index (κ3) is 3.38. The lowest BCUT2D eigenvalue weighted by atomic mass is 9.83. The van der Waals surface area contributed by atoms with Gasteiger partial charge in [0, 0.05) is 12.1 Å². The molecule has 2 rings (SSSR count). The van der Waals surface area contributed by atoms with E-state index in [4.69, 9.17) is 11.6 Å². The average Bonchev–Trinajstić information content (AvgIpc) is 2.38. The van der Waals surface area contributed by atoms with Gasteiger partial charge in [0.25, 0.3) is 0 Å². The van der Waals surface area contributed by atoms with Gasteiger partial charge in [0.1, 0.15) is 5.16 Å². The van der Waals surface area contributed by atoms with Gasteiger partial charge in [-0.2, -0.15) is 0 Å². The van der Waals surface area contributed by atoms with Crippen LogP contribution in [-0.2, 0) is 4.79 Å². The summed E-state index contributed by atoms with van der Waals surface area (Å²) in [7, 11) is 0. The Labute approximate surface area is 112 Å². The van der Waals surface area contributed by atoms with Crippen molar-refractivity contribution < 1.29 is 4.79 Å². The van der Waals surface area contributed by atoms with Crippen molar-refractivity contribution in [3.05, 3.63) is 11.0 Å². The van der Waals surface area contributed by atoms with Crippen molar-refractivity contribution in [1.29, 1.82) is 0 Å². The first kappa shape index (κ1) is 13.2. The molecule has 0 aromatic carbocycles. The molecular weight excluding hydrogens is 252 g/mol. The standard InChI is InChI=1S/C12H19ClN4O/c1-8-2-4-9(5-3-8)12(18)17-16-11-10(13)14-6-7-15-11/h7-9,14,16H,2-6H2,1H3,(H,17,18). The summed E-state index contributed by atoms with van der Waals surface area (Å²) in [6.45, 7) is 2.85. The van der Waals surface area contributed by atoms with Gasteiger partial charge in [0.05, 0.1) is 6.54 Å². The van der Waals surface area contributed by atoms with Crippen LogP contribution in [0.4, 0.5) is 0 Å². The monoisotopic (exact) mass is 270 g/mol. The van der Waals surface area contributed by atoms with Gasteiger partial charge in [0.2, 0.25) is 5.91 Å². The fourth-order valence-electron chi connectivity index (χ4n) is 2.24. The molecule has 0 saturated heterocycles. The number of hydrazine groups is 1. The van der Waals surface area contributed by atoms with Gasteiger partial charge in [0.15, 0.2) is 5.82 Å². The zero-order valence-corrected chi connectivity index (χ0v) is 11.3. The molecule has 1 fully saturated rings. The van der Waals surface area contributed by atoms with E-state index in [1.165, 1.54) is 0 Å². The first-order chi connectivity index (χ1) is 8.66. The summed E-state index contributed by atoms with van der Waals surface area (Å²) in [5.74, 6) is 1.33. The van der Waals surface area contributed by atoms with E-state index in [1.54, 1.807) is 6.21 Å². The first-order valence-electron chi connectivity index (χ1n) is 6.39. The van der Waals surface area contributed by atoms with E-state index in [2.05, 4.69) is 28.1 Å². The van der Waals surface area contributed by atoms with Crippen LogP contribution in [0.1, 0.15) is 32.6 Å². The molecule has 0 aromatic rings. The zero-order chi connectivity index (χ0) is 13.0. The molecule has 5 nitrogen and oxygen atoms in total. The van der Waals surface area contributed by atoms with Crippen LogP contribution in [-0.4, -0.2) is 18.7 Å². The van der Waals surface area contributed by atoms with Crippen LogP contribution < -0.4 is 16.2 Å². The van der Waals surface area contributed by atoms with Gasteiger partial charge in [-0.25, -0.2) is 4.99 Å². The highest BCUT2D eigenvalue weighted by Crippen LogP contribution is 2.28. The highest BCUT2D eigenvalue weighted by molar-refractivity contribution is 6.29. The normalized spacial score (nSPS) is 27.7. The second-order valence-corrected chi connectivity index (χ2v) is 5.30. The fraction of sp³-hybridized carbons (Fsp3) is 0.667. The van der Waals surface area contributed by atoms with Crippen LogP contribution in [0.15, 0.2) is 16.0 Å². The number of carbonyl (C=O) groups is 1. The molecule has 1 aliphatic carbocycles. The van der Waals surface area contributed by atoms with Gasteiger partial charge >= 0.3 is 0 Å². The third-order valence-corrected chi connectivity index (χ3v) is 3.78. The lowest BCUT2D eigenvalue weighted by Gasteiger charge is -2.25. The van der Waals surface area contributed by atoms with Crippen molar-refractivity contribution in [3.8, 4) is 0 Å². The predicted octanol–water partition coefficient (Wildman–Crippen LogP) is 1.47. The van der Waals surface area contributed by atoms with Crippen LogP contribution in [0, 0.1) is 11.8 Å². The van der Waals surface area contributed by atoms with E-state index in [0.717, 1.165) is 31.6 Å². The number of halogens is 1. The van der Waals surface area contributed by atoms with Crippen LogP contribution in [0.25, 0.3) is 0 Å². The van der Waals surface area contributed by atoms with E-state index in [0.29, 0.717) is 17.5 Å². The molecule has 0 aromatic heterocycles. The van der Waals surface area contributed by atoms with Crippen molar-refractivity contribution in [1.82, 2.24) is 16.2 Å². The summed E-state index contributed by atoms with van der Waals surface area (Å²) in [4.78, 5) is 16.0. The van der Waals surface area contributed by atoms with E-state index in [9.17, 15) is 4.79 Å². The number of hydrogen-bond donors (Lipinski definition) is 3. The number of rotatable bonds is 3. The van der Waals surface area contributed by atoms with Crippen LogP contribution in [0.5, 0.6) is 0 Å². The number of aliphatic imine (C=N–C) groups is 1.